The first-order valence-corrected chi connectivity index (χ1v) is 6.59. The lowest BCUT2D eigenvalue weighted by atomic mass is 9.95. The molecule has 0 aromatic heterocycles. The molecule has 0 fully saturated rings. The minimum atomic E-state index is -0.581. The molecule has 114 valence electrons. The molecule has 6 nitrogen and oxygen atoms in total. The SMILES string of the molecule is C#CCOc1ccc(C2NC(=O)NC(C)=C2C(=O)OC)cc1. The molecule has 1 aliphatic heterocycles. The smallest absolute Gasteiger partial charge is 0.337 e. The van der Waals surface area contributed by atoms with Gasteiger partial charge in [-0.15, -0.1) is 6.42 Å². The van der Waals surface area contributed by atoms with Crippen molar-refractivity contribution < 1.29 is 19.1 Å². The van der Waals surface area contributed by atoms with Crippen molar-refractivity contribution >= 4 is 12.0 Å². The molecule has 6 heteroatoms. The summed E-state index contributed by atoms with van der Waals surface area (Å²) in [6.07, 6.45) is 5.13. The number of methoxy groups -OCH3 is 1. The zero-order chi connectivity index (χ0) is 16.1. The fourth-order valence-electron chi connectivity index (χ4n) is 2.21. The summed E-state index contributed by atoms with van der Waals surface area (Å²) in [5.74, 6) is 2.49. The van der Waals surface area contributed by atoms with Gasteiger partial charge in [-0.05, 0) is 24.6 Å². The highest BCUT2D eigenvalue weighted by Gasteiger charge is 2.31. The zero-order valence-corrected chi connectivity index (χ0v) is 12.3. The maximum absolute atomic E-state index is 12.0. The van der Waals surface area contributed by atoms with Crippen LogP contribution >= 0.6 is 0 Å². The second kappa shape index (κ2) is 6.68. The number of ether oxygens (including phenoxy) is 2. The van der Waals surface area contributed by atoms with E-state index in [1.165, 1.54) is 7.11 Å². The van der Waals surface area contributed by atoms with Crippen LogP contribution < -0.4 is 15.4 Å². The number of nitrogens with one attached hydrogen (secondary N) is 2. The van der Waals surface area contributed by atoms with Crippen molar-refractivity contribution in [2.45, 2.75) is 13.0 Å². The highest BCUT2D eigenvalue weighted by Crippen LogP contribution is 2.28. The van der Waals surface area contributed by atoms with Gasteiger partial charge in [0.05, 0.1) is 18.7 Å². The van der Waals surface area contributed by atoms with Crippen molar-refractivity contribution in [1.29, 1.82) is 0 Å². The molecule has 1 aromatic rings. The van der Waals surface area contributed by atoms with Crippen LogP contribution in [0.1, 0.15) is 18.5 Å². The topological polar surface area (TPSA) is 76.7 Å². The number of carbonyl (C=O) groups excluding carboxylic acids is 2. The van der Waals surface area contributed by atoms with Crippen molar-refractivity contribution in [2.75, 3.05) is 13.7 Å². The molecule has 0 bridgehead atoms. The Morgan fingerprint density at radius 3 is 2.64 bits per heavy atom. The van der Waals surface area contributed by atoms with Crippen molar-refractivity contribution in [3.8, 4) is 18.1 Å². The fraction of sp³-hybridized carbons (Fsp3) is 0.250. The molecule has 2 amide bonds. The number of allylic oxidation sites excluding steroid dienone is 1. The van der Waals surface area contributed by atoms with E-state index in [4.69, 9.17) is 15.9 Å². The molecule has 0 saturated carbocycles. The van der Waals surface area contributed by atoms with Crippen LogP contribution in [-0.4, -0.2) is 25.7 Å². The molecular weight excluding hydrogens is 284 g/mol. The van der Waals surface area contributed by atoms with Crippen LogP contribution in [0.25, 0.3) is 0 Å². The summed E-state index contributed by atoms with van der Waals surface area (Å²) in [6.45, 7) is 1.83. The Labute approximate surface area is 128 Å². The summed E-state index contributed by atoms with van der Waals surface area (Å²) >= 11 is 0. The van der Waals surface area contributed by atoms with Crippen LogP contribution in [0.2, 0.25) is 0 Å². The number of esters is 1. The summed E-state index contributed by atoms with van der Waals surface area (Å²) in [5, 5.41) is 5.27. The molecular formula is C16H16N2O4. The van der Waals surface area contributed by atoms with E-state index in [2.05, 4.69) is 16.6 Å². The Bertz CT molecular complexity index is 656. The van der Waals surface area contributed by atoms with E-state index in [9.17, 15) is 9.59 Å². The number of carbonyl (C=O) groups is 2. The molecule has 0 radical (unpaired) electrons. The van der Waals surface area contributed by atoms with Crippen molar-refractivity contribution in [3.05, 3.63) is 41.1 Å². The van der Waals surface area contributed by atoms with Crippen LogP contribution in [0.15, 0.2) is 35.5 Å². The highest BCUT2D eigenvalue weighted by molar-refractivity contribution is 5.94. The van der Waals surface area contributed by atoms with Gasteiger partial charge < -0.3 is 20.1 Å². The first kappa shape index (κ1) is 15.4. The normalized spacial score (nSPS) is 17.1. The minimum Gasteiger partial charge on any atom is -0.481 e. The van der Waals surface area contributed by atoms with Gasteiger partial charge in [0.25, 0.3) is 0 Å². The lowest BCUT2D eigenvalue weighted by molar-refractivity contribution is -0.136. The standard InChI is InChI=1S/C16H16N2O4/c1-4-9-22-12-7-5-11(6-8-12)14-13(15(19)21-3)10(2)17-16(20)18-14/h1,5-8,14H,9H2,2-3H3,(H2,17,18,20). The molecule has 1 aromatic carbocycles. The summed E-state index contributed by atoms with van der Waals surface area (Å²) in [6, 6.07) is 6.03. The van der Waals surface area contributed by atoms with Crippen LogP contribution in [0.5, 0.6) is 5.75 Å². The number of hydrogen-bond donors (Lipinski definition) is 2. The summed E-state index contributed by atoms with van der Waals surface area (Å²) < 4.78 is 10.1. The van der Waals surface area contributed by atoms with Gasteiger partial charge in [0, 0.05) is 5.70 Å². The molecule has 2 N–H and O–H groups in total. The molecule has 0 saturated heterocycles. The second-order valence-corrected chi connectivity index (χ2v) is 4.62. The summed E-state index contributed by atoms with van der Waals surface area (Å²) in [4.78, 5) is 23.6. The third-order valence-electron chi connectivity index (χ3n) is 3.21. The number of amides is 2. The quantitative estimate of drug-likeness (QED) is 0.652. The predicted octanol–water partition coefficient (Wildman–Crippen LogP) is 1.50. The van der Waals surface area contributed by atoms with Gasteiger partial charge in [0.2, 0.25) is 0 Å². The fourth-order valence-corrected chi connectivity index (χ4v) is 2.21. The third-order valence-corrected chi connectivity index (χ3v) is 3.21. The summed E-state index contributed by atoms with van der Waals surface area (Å²) in [7, 11) is 1.30. The van der Waals surface area contributed by atoms with Gasteiger partial charge in [-0.2, -0.15) is 0 Å². The van der Waals surface area contributed by atoms with Crippen LogP contribution in [0.4, 0.5) is 4.79 Å². The molecule has 0 spiro atoms. The van der Waals surface area contributed by atoms with E-state index in [-0.39, 0.29) is 12.6 Å². The van der Waals surface area contributed by atoms with Crippen LogP contribution in [0.3, 0.4) is 0 Å². The number of benzene rings is 1. The first-order valence-electron chi connectivity index (χ1n) is 6.59. The Kier molecular flexibility index (Phi) is 4.69. The maximum atomic E-state index is 12.0. The Morgan fingerprint density at radius 1 is 1.36 bits per heavy atom. The second-order valence-electron chi connectivity index (χ2n) is 4.62. The molecule has 1 atom stereocenters. The largest absolute Gasteiger partial charge is 0.481 e. The highest BCUT2D eigenvalue weighted by atomic mass is 16.5. The minimum absolute atomic E-state index is 0.176. The van der Waals surface area contributed by atoms with E-state index < -0.39 is 12.0 Å². The lowest BCUT2D eigenvalue weighted by Gasteiger charge is -2.27. The van der Waals surface area contributed by atoms with Crippen molar-refractivity contribution in [3.63, 3.8) is 0 Å². The molecule has 0 aliphatic carbocycles. The van der Waals surface area contributed by atoms with Gasteiger partial charge in [-0.3, -0.25) is 0 Å². The number of rotatable bonds is 4. The molecule has 1 heterocycles. The predicted molar refractivity (Wildman–Crippen MR) is 79.9 cm³/mol. The Hall–Kier alpha value is -2.94. The average molecular weight is 300 g/mol. The summed E-state index contributed by atoms with van der Waals surface area (Å²) in [5.41, 5.74) is 1.57. The lowest BCUT2D eigenvalue weighted by Crippen LogP contribution is -2.45. The van der Waals surface area contributed by atoms with Gasteiger partial charge in [-0.1, -0.05) is 18.1 Å². The first-order chi connectivity index (χ1) is 10.6. The Balaban J connectivity index is 2.32. The van der Waals surface area contributed by atoms with Gasteiger partial charge in [-0.25, -0.2) is 9.59 Å². The van der Waals surface area contributed by atoms with Crippen molar-refractivity contribution in [1.82, 2.24) is 10.6 Å². The number of urea groups is 1. The molecule has 2 rings (SSSR count). The Morgan fingerprint density at radius 2 is 2.05 bits per heavy atom. The number of terminal acetylenes is 1. The van der Waals surface area contributed by atoms with Crippen molar-refractivity contribution in [2.24, 2.45) is 0 Å². The van der Waals surface area contributed by atoms with E-state index in [1.54, 1.807) is 31.2 Å². The average Bonchev–Trinajstić information content (AvgIpc) is 2.52. The third kappa shape index (κ3) is 3.20. The molecule has 1 unspecified atom stereocenters. The van der Waals surface area contributed by atoms with Gasteiger partial charge in [0.1, 0.15) is 12.4 Å². The van der Waals surface area contributed by atoms with E-state index in [0.717, 1.165) is 5.56 Å². The van der Waals surface area contributed by atoms with E-state index >= 15 is 0 Å². The van der Waals surface area contributed by atoms with E-state index in [1.807, 2.05) is 0 Å². The zero-order valence-electron chi connectivity index (χ0n) is 12.3. The van der Waals surface area contributed by atoms with Crippen LogP contribution in [-0.2, 0) is 9.53 Å². The van der Waals surface area contributed by atoms with E-state index in [0.29, 0.717) is 17.0 Å². The van der Waals surface area contributed by atoms with Gasteiger partial charge in [0.15, 0.2) is 0 Å². The maximum Gasteiger partial charge on any atom is 0.337 e. The molecule has 1 aliphatic rings. The monoisotopic (exact) mass is 300 g/mol. The molecule has 22 heavy (non-hydrogen) atoms. The van der Waals surface area contributed by atoms with Gasteiger partial charge >= 0.3 is 12.0 Å². The van der Waals surface area contributed by atoms with Crippen LogP contribution in [0, 0.1) is 12.3 Å². The number of hydrogen-bond acceptors (Lipinski definition) is 4.